The molecule has 5 rings (SSSR count). The molecule has 1 amide bonds. The fourth-order valence-electron chi connectivity index (χ4n) is 4.86. The standard InChI is InChI=1S/C26H26FN3O/c27-21-10-12-22(13-11-21)29-14-15-30-24-9-5-4-8-20(24)16-23(25(30)18-29)26(31)28-17-19-6-2-1-3-7-19/h1-13,23,25H,14-18H2,(H,28,31)/t23-,25+/m1/s1. The van der Waals surface area contributed by atoms with Gasteiger partial charge in [0, 0.05) is 37.6 Å². The lowest BCUT2D eigenvalue weighted by atomic mass is 9.83. The molecule has 2 aliphatic rings. The van der Waals surface area contributed by atoms with Crippen molar-refractivity contribution in [2.75, 3.05) is 29.4 Å². The maximum Gasteiger partial charge on any atom is 0.225 e. The first-order valence-corrected chi connectivity index (χ1v) is 10.9. The predicted molar refractivity (Wildman–Crippen MR) is 122 cm³/mol. The molecule has 4 nitrogen and oxygen atoms in total. The summed E-state index contributed by atoms with van der Waals surface area (Å²) in [7, 11) is 0. The number of amides is 1. The zero-order valence-electron chi connectivity index (χ0n) is 17.4. The third-order valence-electron chi connectivity index (χ3n) is 6.46. The fourth-order valence-corrected chi connectivity index (χ4v) is 4.86. The number of hydrogen-bond acceptors (Lipinski definition) is 3. The zero-order valence-corrected chi connectivity index (χ0v) is 17.4. The molecule has 0 unspecified atom stereocenters. The largest absolute Gasteiger partial charge is 0.368 e. The summed E-state index contributed by atoms with van der Waals surface area (Å²) in [5, 5.41) is 3.16. The highest BCUT2D eigenvalue weighted by molar-refractivity contribution is 5.82. The minimum Gasteiger partial charge on any atom is -0.368 e. The zero-order chi connectivity index (χ0) is 21.2. The van der Waals surface area contributed by atoms with Gasteiger partial charge in [0.15, 0.2) is 0 Å². The van der Waals surface area contributed by atoms with Crippen molar-refractivity contribution < 1.29 is 9.18 Å². The number of nitrogens with zero attached hydrogens (tertiary/aromatic N) is 2. The minimum atomic E-state index is -0.229. The molecular formula is C26H26FN3O. The molecule has 0 aromatic heterocycles. The van der Waals surface area contributed by atoms with Crippen LogP contribution in [0.25, 0.3) is 0 Å². The predicted octanol–water partition coefficient (Wildman–Crippen LogP) is 4.01. The first-order valence-electron chi connectivity index (χ1n) is 10.9. The van der Waals surface area contributed by atoms with Crippen LogP contribution in [0.2, 0.25) is 0 Å². The maximum atomic E-state index is 13.4. The highest BCUT2D eigenvalue weighted by Gasteiger charge is 2.41. The molecule has 0 spiro atoms. The number of benzene rings is 3. The highest BCUT2D eigenvalue weighted by atomic mass is 19.1. The molecule has 0 saturated carbocycles. The molecule has 31 heavy (non-hydrogen) atoms. The first-order chi connectivity index (χ1) is 15.2. The van der Waals surface area contributed by atoms with Gasteiger partial charge in [-0.25, -0.2) is 4.39 Å². The van der Waals surface area contributed by atoms with Crippen LogP contribution in [-0.2, 0) is 17.8 Å². The van der Waals surface area contributed by atoms with Crippen molar-refractivity contribution in [2.24, 2.45) is 5.92 Å². The average molecular weight is 416 g/mol. The summed E-state index contributed by atoms with van der Waals surface area (Å²) in [6.45, 7) is 2.95. The number of hydrogen-bond donors (Lipinski definition) is 1. The second-order valence-corrected chi connectivity index (χ2v) is 8.33. The number of piperazine rings is 1. The number of halogens is 1. The van der Waals surface area contributed by atoms with E-state index in [9.17, 15) is 9.18 Å². The van der Waals surface area contributed by atoms with E-state index in [0.29, 0.717) is 6.54 Å². The van der Waals surface area contributed by atoms with Gasteiger partial charge in [-0.15, -0.1) is 0 Å². The Hall–Kier alpha value is -3.34. The number of nitrogens with one attached hydrogen (secondary N) is 1. The Morgan fingerprint density at radius 2 is 1.68 bits per heavy atom. The second-order valence-electron chi connectivity index (χ2n) is 8.33. The first kappa shape index (κ1) is 19.6. The molecular weight excluding hydrogens is 389 g/mol. The lowest BCUT2D eigenvalue weighted by Crippen LogP contribution is -2.61. The molecule has 2 aliphatic heterocycles. The van der Waals surface area contributed by atoms with Crippen molar-refractivity contribution in [3.63, 3.8) is 0 Å². The molecule has 158 valence electrons. The van der Waals surface area contributed by atoms with Gasteiger partial charge in [-0.2, -0.15) is 0 Å². The van der Waals surface area contributed by atoms with Crippen LogP contribution < -0.4 is 15.1 Å². The summed E-state index contributed by atoms with van der Waals surface area (Å²) >= 11 is 0. The van der Waals surface area contributed by atoms with Gasteiger partial charge in [-0.05, 0) is 47.9 Å². The van der Waals surface area contributed by atoms with Gasteiger partial charge >= 0.3 is 0 Å². The lowest BCUT2D eigenvalue weighted by Gasteiger charge is -2.49. The number of fused-ring (bicyclic) bond motifs is 3. The smallest absolute Gasteiger partial charge is 0.225 e. The maximum absolute atomic E-state index is 13.4. The van der Waals surface area contributed by atoms with Crippen molar-refractivity contribution >= 4 is 17.3 Å². The third kappa shape index (κ3) is 4.00. The summed E-state index contributed by atoms with van der Waals surface area (Å²) in [4.78, 5) is 18.0. The molecule has 1 N–H and O–H groups in total. The van der Waals surface area contributed by atoms with Crippen LogP contribution in [0.3, 0.4) is 0 Å². The van der Waals surface area contributed by atoms with E-state index < -0.39 is 0 Å². The van der Waals surface area contributed by atoms with Gasteiger partial charge in [0.2, 0.25) is 5.91 Å². The van der Waals surface area contributed by atoms with Crippen LogP contribution in [-0.4, -0.2) is 31.6 Å². The van der Waals surface area contributed by atoms with Crippen LogP contribution >= 0.6 is 0 Å². The molecule has 5 heteroatoms. The molecule has 2 atom stereocenters. The van der Waals surface area contributed by atoms with E-state index in [-0.39, 0.29) is 23.7 Å². The summed E-state index contributed by atoms with van der Waals surface area (Å²) in [5.41, 5.74) is 4.57. The molecule has 0 bridgehead atoms. The SMILES string of the molecule is O=C(NCc1ccccc1)[C@@H]1Cc2ccccc2N2CCN(c3ccc(F)cc3)C[C@@H]12. The van der Waals surface area contributed by atoms with Crippen LogP contribution in [0.4, 0.5) is 15.8 Å². The minimum absolute atomic E-state index is 0.0736. The molecule has 1 saturated heterocycles. The molecule has 1 fully saturated rings. The fraction of sp³-hybridized carbons (Fsp3) is 0.269. The van der Waals surface area contributed by atoms with E-state index in [1.807, 2.05) is 48.5 Å². The molecule has 3 aromatic rings. The van der Waals surface area contributed by atoms with Gasteiger partial charge in [0.1, 0.15) is 5.82 Å². The Labute approximate surface area is 182 Å². The number of anilines is 2. The van der Waals surface area contributed by atoms with Crippen LogP contribution in [0.5, 0.6) is 0 Å². The van der Waals surface area contributed by atoms with E-state index in [0.717, 1.165) is 37.3 Å². The normalized spacial score (nSPS) is 20.0. The third-order valence-corrected chi connectivity index (χ3v) is 6.46. The van der Waals surface area contributed by atoms with Crippen molar-refractivity contribution in [2.45, 2.75) is 19.0 Å². The molecule has 3 aromatic carbocycles. The quantitative estimate of drug-likeness (QED) is 0.699. The average Bonchev–Trinajstić information content (AvgIpc) is 2.83. The highest BCUT2D eigenvalue weighted by Crippen LogP contribution is 2.37. The van der Waals surface area contributed by atoms with Crippen LogP contribution in [0.1, 0.15) is 11.1 Å². The van der Waals surface area contributed by atoms with E-state index in [2.05, 4.69) is 33.3 Å². The van der Waals surface area contributed by atoms with Crippen molar-refractivity contribution in [1.82, 2.24) is 5.32 Å². The van der Waals surface area contributed by atoms with Gasteiger partial charge in [-0.1, -0.05) is 48.5 Å². The Balaban J connectivity index is 1.39. The number of carbonyl (C=O) groups is 1. The Morgan fingerprint density at radius 1 is 0.935 bits per heavy atom. The van der Waals surface area contributed by atoms with Crippen molar-refractivity contribution in [3.05, 3.63) is 95.8 Å². The van der Waals surface area contributed by atoms with Gasteiger partial charge < -0.3 is 15.1 Å². The van der Waals surface area contributed by atoms with Gasteiger partial charge in [0.25, 0.3) is 0 Å². The summed E-state index contributed by atoms with van der Waals surface area (Å²) in [6, 6.07) is 25.1. The number of rotatable bonds is 4. The Kier molecular flexibility index (Phi) is 5.33. The summed E-state index contributed by atoms with van der Waals surface area (Å²) in [6.07, 6.45) is 0.731. The molecule has 0 radical (unpaired) electrons. The Morgan fingerprint density at radius 3 is 2.48 bits per heavy atom. The molecule has 0 aliphatic carbocycles. The number of para-hydroxylation sites is 1. The van der Waals surface area contributed by atoms with E-state index in [4.69, 9.17) is 0 Å². The topological polar surface area (TPSA) is 35.6 Å². The van der Waals surface area contributed by atoms with Crippen molar-refractivity contribution in [1.29, 1.82) is 0 Å². The van der Waals surface area contributed by atoms with Crippen LogP contribution in [0.15, 0.2) is 78.9 Å². The summed E-state index contributed by atoms with van der Waals surface area (Å²) in [5.74, 6) is -0.275. The Bertz CT molecular complexity index is 1050. The van der Waals surface area contributed by atoms with E-state index >= 15 is 0 Å². The van der Waals surface area contributed by atoms with Gasteiger partial charge in [0.05, 0.1) is 12.0 Å². The molecule has 2 heterocycles. The number of carbonyl (C=O) groups excluding carboxylic acids is 1. The summed E-state index contributed by atoms with van der Waals surface area (Å²) < 4.78 is 13.4. The second kappa shape index (κ2) is 8.42. The van der Waals surface area contributed by atoms with E-state index in [1.165, 1.54) is 23.4 Å². The van der Waals surface area contributed by atoms with Gasteiger partial charge in [-0.3, -0.25) is 4.79 Å². The van der Waals surface area contributed by atoms with Crippen molar-refractivity contribution in [3.8, 4) is 0 Å². The van der Waals surface area contributed by atoms with Crippen LogP contribution in [0, 0.1) is 11.7 Å². The monoisotopic (exact) mass is 415 g/mol. The lowest BCUT2D eigenvalue weighted by molar-refractivity contribution is -0.126. The van der Waals surface area contributed by atoms with E-state index in [1.54, 1.807) is 0 Å².